The second-order valence-electron chi connectivity index (χ2n) is 6.16. The quantitative estimate of drug-likeness (QED) is 0.873. The Hall–Kier alpha value is -2.39. The molecule has 3 fully saturated rings. The minimum Gasteiger partial charge on any atom is -0.346 e. The van der Waals surface area contributed by atoms with Gasteiger partial charge in [0.25, 0.3) is 5.91 Å². The van der Waals surface area contributed by atoms with Crippen molar-refractivity contribution in [1.29, 1.82) is 5.26 Å². The summed E-state index contributed by atoms with van der Waals surface area (Å²) in [6, 6.07) is 7.52. The van der Waals surface area contributed by atoms with Gasteiger partial charge in [-0.3, -0.25) is 9.89 Å². The maximum absolute atomic E-state index is 12.5. The molecular formula is C16H17N5O. The van der Waals surface area contributed by atoms with Crippen molar-refractivity contribution in [3.8, 4) is 6.07 Å². The molecule has 3 aliphatic heterocycles. The molecule has 1 amide bonds. The van der Waals surface area contributed by atoms with Gasteiger partial charge in [-0.25, -0.2) is 0 Å². The van der Waals surface area contributed by atoms with Crippen LogP contribution in [0.1, 0.15) is 28.9 Å². The summed E-state index contributed by atoms with van der Waals surface area (Å²) in [5, 5.41) is 19.8. The molecule has 112 valence electrons. The van der Waals surface area contributed by atoms with Crippen LogP contribution in [0.3, 0.4) is 0 Å². The summed E-state index contributed by atoms with van der Waals surface area (Å²) in [4.78, 5) is 15.0. The third-order valence-corrected chi connectivity index (χ3v) is 4.88. The van der Waals surface area contributed by atoms with Gasteiger partial charge in [0.2, 0.25) is 0 Å². The van der Waals surface area contributed by atoms with E-state index in [1.807, 2.05) is 0 Å². The first kappa shape index (κ1) is 13.3. The highest BCUT2D eigenvalue weighted by Gasteiger charge is 2.35. The number of carbonyl (C=O) groups excluding carboxylic acids is 1. The van der Waals surface area contributed by atoms with Gasteiger partial charge in [0.15, 0.2) is 5.69 Å². The van der Waals surface area contributed by atoms with E-state index in [4.69, 9.17) is 5.26 Å². The topological polar surface area (TPSA) is 84.8 Å². The fourth-order valence-corrected chi connectivity index (χ4v) is 3.63. The number of piperidine rings is 3. The Morgan fingerprint density at radius 2 is 2.23 bits per heavy atom. The molecule has 6 heteroatoms. The summed E-state index contributed by atoms with van der Waals surface area (Å²) >= 11 is 0. The molecule has 22 heavy (non-hydrogen) atoms. The monoisotopic (exact) mass is 295 g/mol. The molecule has 1 aromatic carbocycles. The fraction of sp³-hybridized carbons (Fsp3) is 0.438. The number of nitriles is 1. The molecule has 5 rings (SSSR count). The van der Waals surface area contributed by atoms with E-state index in [9.17, 15) is 4.79 Å². The predicted molar refractivity (Wildman–Crippen MR) is 81.2 cm³/mol. The van der Waals surface area contributed by atoms with Crippen LogP contribution >= 0.6 is 0 Å². The van der Waals surface area contributed by atoms with Crippen LogP contribution in [0.15, 0.2) is 18.2 Å². The molecule has 0 saturated carbocycles. The maximum atomic E-state index is 12.5. The highest BCUT2D eigenvalue weighted by Crippen LogP contribution is 2.28. The summed E-state index contributed by atoms with van der Waals surface area (Å²) in [5.41, 5.74) is 1.69. The van der Waals surface area contributed by atoms with Crippen LogP contribution < -0.4 is 5.32 Å². The summed E-state index contributed by atoms with van der Waals surface area (Å²) in [7, 11) is 0. The average molecular weight is 295 g/mol. The number of carbonyl (C=O) groups is 1. The number of hydrogen-bond acceptors (Lipinski definition) is 4. The molecule has 0 spiro atoms. The first-order valence-electron chi connectivity index (χ1n) is 7.66. The zero-order valence-corrected chi connectivity index (χ0v) is 12.2. The largest absolute Gasteiger partial charge is 0.346 e. The number of fused-ring (bicyclic) bond motifs is 4. The molecule has 0 unspecified atom stereocenters. The van der Waals surface area contributed by atoms with Crippen LogP contribution in [-0.4, -0.2) is 46.7 Å². The average Bonchev–Trinajstić information content (AvgIpc) is 2.99. The lowest BCUT2D eigenvalue weighted by Gasteiger charge is -2.44. The van der Waals surface area contributed by atoms with Gasteiger partial charge in [-0.15, -0.1) is 0 Å². The number of nitrogens with zero attached hydrogens (tertiary/aromatic N) is 3. The van der Waals surface area contributed by atoms with Crippen molar-refractivity contribution in [2.24, 2.45) is 5.92 Å². The summed E-state index contributed by atoms with van der Waals surface area (Å²) < 4.78 is 0. The van der Waals surface area contributed by atoms with Gasteiger partial charge >= 0.3 is 0 Å². The van der Waals surface area contributed by atoms with Crippen molar-refractivity contribution in [3.63, 3.8) is 0 Å². The Labute approximate surface area is 128 Å². The zero-order valence-electron chi connectivity index (χ0n) is 12.2. The van der Waals surface area contributed by atoms with E-state index in [0.717, 1.165) is 43.4 Å². The summed E-state index contributed by atoms with van der Waals surface area (Å²) in [6.45, 7) is 3.25. The Balaban J connectivity index is 1.57. The van der Waals surface area contributed by atoms with Crippen LogP contribution in [0.25, 0.3) is 10.9 Å². The second-order valence-corrected chi connectivity index (χ2v) is 6.16. The lowest BCUT2D eigenvalue weighted by molar-refractivity contribution is 0.0618. The number of rotatable bonds is 2. The lowest BCUT2D eigenvalue weighted by Crippen LogP contribution is -2.57. The summed E-state index contributed by atoms with van der Waals surface area (Å²) in [6.07, 6.45) is 2.33. The van der Waals surface area contributed by atoms with Crippen LogP contribution in [0, 0.1) is 17.2 Å². The standard InChI is InChI=1S/C16H17N5O/c17-8-10-1-2-12-13(7-10)19-20-15(12)16(22)18-14-9-21-5-3-11(14)4-6-21/h1-2,7,11,14H,3-6,9H2,(H,18,22)(H,19,20)/t14-/m1/s1. The van der Waals surface area contributed by atoms with Gasteiger partial charge < -0.3 is 10.2 Å². The Morgan fingerprint density at radius 1 is 1.41 bits per heavy atom. The van der Waals surface area contributed by atoms with Gasteiger partial charge in [0.05, 0.1) is 17.1 Å². The number of hydrogen-bond donors (Lipinski definition) is 2. The van der Waals surface area contributed by atoms with E-state index < -0.39 is 0 Å². The number of aromatic amines is 1. The molecule has 0 aliphatic carbocycles. The molecule has 1 aromatic heterocycles. The molecule has 3 saturated heterocycles. The number of H-pyrrole nitrogens is 1. The first-order valence-corrected chi connectivity index (χ1v) is 7.66. The van der Waals surface area contributed by atoms with Crippen molar-refractivity contribution in [3.05, 3.63) is 29.5 Å². The smallest absolute Gasteiger partial charge is 0.272 e. The number of nitrogens with one attached hydrogen (secondary N) is 2. The Kier molecular flexibility index (Phi) is 3.09. The molecular weight excluding hydrogens is 278 g/mol. The van der Waals surface area contributed by atoms with Gasteiger partial charge in [0, 0.05) is 18.0 Å². The molecule has 0 radical (unpaired) electrons. The van der Waals surface area contributed by atoms with Crippen molar-refractivity contribution >= 4 is 16.8 Å². The van der Waals surface area contributed by atoms with Gasteiger partial charge in [0.1, 0.15) is 0 Å². The molecule has 1 atom stereocenters. The molecule has 2 aromatic rings. The number of benzene rings is 1. The fourth-order valence-electron chi connectivity index (χ4n) is 3.63. The van der Waals surface area contributed by atoms with Crippen molar-refractivity contribution in [2.75, 3.05) is 19.6 Å². The second kappa shape index (κ2) is 5.11. The van der Waals surface area contributed by atoms with E-state index in [2.05, 4.69) is 26.5 Å². The molecule has 6 nitrogen and oxygen atoms in total. The van der Waals surface area contributed by atoms with Gasteiger partial charge in [-0.2, -0.15) is 10.4 Å². The predicted octanol–water partition coefficient (Wildman–Crippen LogP) is 1.26. The van der Waals surface area contributed by atoms with Gasteiger partial charge in [-0.1, -0.05) is 0 Å². The van der Waals surface area contributed by atoms with Crippen molar-refractivity contribution in [2.45, 2.75) is 18.9 Å². The number of aromatic nitrogens is 2. The minimum atomic E-state index is -0.130. The maximum Gasteiger partial charge on any atom is 0.272 e. The Bertz CT molecular complexity index is 766. The minimum absolute atomic E-state index is 0.130. The van der Waals surface area contributed by atoms with E-state index in [-0.39, 0.29) is 11.9 Å². The van der Waals surface area contributed by atoms with E-state index in [0.29, 0.717) is 17.2 Å². The third kappa shape index (κ3) is 2.14. The van der Waals surface area contributed by atoms with Crippen LogP contribution in [0.4, 0.5) is 0 Å². The number of amides is 1. The van der Waals surface area contributed by atoms with E-state index >= 15 is 0 Å². The molecule has 3 aliphatic rings. The van der Waals surface area contributed by atoms with Crippen molar-refractivity contribution < 1.29 is 4.79 Å². The Morgan fingerprint density at radius 3 is 2.91 bits per heavy atom. The molecule has 2 bridgehead atoms. The van der Waals surface area contributed by atoms with Crippen LogP contribution in [-0.2, 0) is 0 Å². The normalized spacial score (nSPS) is 26.8. The molecule has 4 heterocycles. The zero-order chi connectivity index (χ0) is 15.1. The highest BCUT2D eigenvalue weighted by atomic mass is 16.2. The lowest BCUT2D eigenvalue weighted by atomic mass is 9.84. The summed E-state index contributed by atoms with van der Waals surface area (Å²) in [5.74, 6) is 0.457. The third-order valence-electron chi connectivity index (χ3n) is 4.88. The highest BCUT2D eigenvalue weighted by molar-refractivity contribution is 6.05. The van der Waals surface area contributed by atoms with Crippen LogP contribution in [0.5, 0.6) is 0 Å². The van der Waals surface area contributed by atoms with Crippen molar-refractivity contribution in [1.82, 2.24) is 20.4 Å². The first-order chi connectivity index (χ1) is 10.7. The van der Waals surface area contributed by atoms with E-state index in [1.165, 1.54) is 0 Å². The van der Waals surface area contributed by atoms with Gasteiger partial charge in [-0.05, 0) is 50.0 Å². The van der Waals surface area contributed by atoms with Crippen LogP contribution in [0.2, 0.25) is 0 Å². The molecule has 2 N–H and O–H groups in total. The van der Waals surface area contributed by atoms with E-state index in [1.54, 1.807) is 18.2 Å². The SMILES string of the molecule is N#Cc1ccc2c(C(=O)N[C@@H]3CN4CCC3CC4)n[nH]c2c1.